The number of carbonyl (C=O) groups excluding carboxylic acids is 1. The number of nitrogens with one attached hydrogen (secondary N) is 2. The van der Waals surface area contributed by atoms with Crippen molar-refractivity contribution in [2.24, 2.45) is 0 Å². The van der Waals surface area contributed by atoms with E-state index in [-0.39, 0.29) is 12.1 Å². The van der Waals surface area contributed by atoms with Crippen LogP contribution in [0.5, 0.6) is 0 Å². The molecule has 2 N–H and O–H groups in total. The van der Waals surface area contributed by atoms with Crippen molar-refractivity contribution < 1.29 is 9.53 Å². The number of amides is 1. The number of hydrogen-bond acceptors (Lipinski definition) is 4. The van der Waals surface area contributed by atoms with Crippen molar-refractivity contribution in [3.05, 3.63) is 20.8 Å². The Kier molecular flexibility index (Phi) is 5.68. The summed E-state index contributed by atoms with van der Waals surface area (Å²) in [7, 11) is 0. The maximum Gasteiger partial charge on any atom is 0.407 e. The van der Waals surface area contributed by atoms with Crippen LogP contribution in [0.3, 0.4) is 0 Å². The van der Waals surface area contributed by atoms with Gasteiger partial charge >= 0.3 is 6.09 Å². The molecule has 1 aromatic rings. The van der Waals surface area contributed by atoms with Crippen molar-refractivity contribution in [1.29, 1.82) is 0 Å². The van der Waals surface area contributed by atoms with Gasteiger partial charge in [-0.25, -0.2) is 4.79 Å². The maximum absolute atomic E-state index is 11.7. The van der Waals surface area contributed by atoms with Crippen LogP contribution in [0.4, 0.5) is 4.79 Å². The maximum atomic E-state index is 11.7. The third kappa shape index (κ3) is 5.96. The summed E-state index contributed by atoms with van der Waals surface area (Å²) >= 11 is 5.23. The van der Waals surface area contributed by atoms with Gasteiger partial charge in [0.1, 0.15) is 5.60 Å². The normalized spacial score (nSPS) is 22.3. The summed E-state index contributed by atoms with van der Waals surface area (Å²) in [6.45, 7) is 6.53. The van der Waals surface area contributed by atoms with Crippen LogP contribution in [0.1, 0.15) is 44.9 Å². The number of thiophene rings is 1. The van der Waals surface area contributed by atoms with Crippen molar-refractivity contribution >= 4 is 33.4 Å². The minimum absolute atomic E-state index is 0.215. The molecule has 0 aliphatic heterocycles. The lowest BCUT2D eigenvalue weighted by Crippen LogP contribution is -2.38. The molecule has 1 heterocycles. The highest BCUT2D eigenvalue weighted by Gasteiger charge is 2.27. The minimum atomic E-state index is -0.438. The van der Waals surface area contributed by atoms with Gasteiger partial charge in [-0.3, -0.25) is 0 Å². The first-order valence-electron chi connectivity index (χ1n) is 7.29. The molecule has 2 atom stereocenters. The van der Waals surface area contributed by atoms with Crippen molar-refractivity contribution in [3.63, 3.8) is 0 Å². The Hall–Kier alpha value is -0.590. The molecule has 0 radical (unpaired) electrons. The Balaban J connectivity index is 1.70. The predicted octanol–water partition coefficient (Wildman–Crippen LogP) is 4.05. The van der Waals surface area contributed by atoms with Crippen LogP contribution in [0, 0.1) is 0 Å². The highest BCUT2D eigenvalue weighted by molar-refractivity contribution is 9.11. The van der Waals surface area contributed by atoms with E-state index in [9.17, 15) is 4.79 Å². The Morgan fingerprint density at radius 1 is 1.38 bits per heavy atom. The quantitative estimate of drug-likeness (QED) is 0.835. The van der Waals surface area contributed by atoms with E-state index in [1.165, 1.54) is 4.88 Å². The van der Waals surface area contributed by atoms with Crippen molar-refractivity contribution in [2.75, 3.05) is 0 Å². The number of ether oxygens (including phenoxy) is 1. The van der Waals surface area contributed by atoms with Gasteiger partial charge in [0.15, 0.2) is 0 Å². The second-order valence-corrected chi connectivity index (χ2v) is 8.99. The standard InChI is InChI=1S/C15H23BrN2O2S/c1-15(2,3)20-14(19)18-11-5-4-10(8-11)17-9-12-6-7-13(16)21-12/h6-7,10-11,17H,4-5,8-9H2,1-3H3,(H,18,19). The van der Waals surface area contributed by atoms with E-state index in [2.05, 4.69) is 38.7 Å². The van der Waals surface area contributed by atoms with E-state index >= 15 is 0 Å². The Morgan fingerprint density at radius 2 is 2.10 bits per heavy atom. The summed E-state index contributed by atoms with van der Waals surface area (Å²) in [4.78, 5) is 13.1. The minimum Gasteiger partial charge on any atom is -0.444 e. The average molecular weight is 375 g/mol. The van der Waals surface area contributed by atoms with Crippen LogP contribution in [0.25, 0.3) is 0 Å². The fourth-order valence-electron chi connectivity index (χ4n) is 2.46. The predicted molar refractivity (Wildman–Crippen MR) is 89.7 cm³/mol. The number of halogens is 1. The third-order valence-electron chi connectivity index (χ3n) is 3.35. The Labute approximate surface area is 138 Å². The molecule has 1 aliphatic rings. The molecule has 4 nitrogen and oxygen atoms in total. The van der Waals surface area contributed by atoms with Gasteiger partial charge < -0.3 is 15.4 Å². The first kappa shape index (κ1) is 16.8. The molecule has 1 fully saturated rings. The molecular weight excluding hydrogens is 352 g/mol. The van der Waals surface area contributed by atoms with Crippen molar-refractivity contribution in [2.45, 2.75) is 64.3 Å². The number of alkyl carbamates (subject to hydrolysis) is 1. The summed E-state index contributed by atoms with van der Waals surface area (Å²) in [5, 5.41) is 6.52. The lowest BCUT2D eigenvalue weighted by atomic mass is 10.2. The molecule has 0 bridgehead atoms. The van der Waals surface area contributed by atoms with Gasteiger partial charge in [-0.1, -0.05) is 0 Å². The molecule has 2 rings (SSSR count). The van der Waals surface area contributed by atoms with Crippen LogP contribution in [0.15, 0.2) is 15.9 Å². The van der Waals surface area contributed by atoms with Crippen LogP contribution in [-0.2, 0) is 11.3 Å². The molecule has 2 unspecified atom stereocenters. The zero-order valence-electron chi connectivity index (χ0n) is 12.7. The monoisotopic (exact) mass is 374 g/mol. The van der Waals surface area contributed by atoms with Gasteiger partial charge in [0.05, 0.1) is 3.79 Å². The van der Waals surface area contributed by atoms with Gasteiger partial charge in [-0.05, 0) is 68.1 Å². The highest BCUT2D eigenvalue weighted by atomic mass is 79.9. The molecular formula is C15H23BrN2O2S. The lowest BCUT2D eigenvalue weighted by Gasteiger charge is -2.21. The zero-order valence-corrected chi connectivity index (χ0v) is 15.1. The van der Waals surface area contributed by atoms with Crippen LogP contribution in [-0.4, -0.2) is 23.8 Å². The topological polar surface area (TPSA) is 50.4 Å². The zero-order chi connectivity index (χ0) is 15.5. The van der Waals surface area contributed by atoms with E-state index in [0.717, 1.165) is 29.6 Å². The number of hydrogen-bond donors (Lipinski definition) is 2. The van der Waals surface area contributed by atoms with Crippen LogP contribution < -0.4 is 10.6 Å². The van der Waals surface area contributed by atoms with Gasteiger partial charge in [-0.2, -0.15) is 0 Å². The first-order valence-corrected chi connectivity index (χ1v) is 8.90. The lowest BCUT2D eigenvalue weighted by molar-refractivity contribution is 0.0505. The third-order valence-corrected chi connectivity index (χ3v) is 4.97. The smallest absolute Gasteiger partial charge is 0.407 e. The van der Waals surface area contributed by atoms with Crippen molar-refractivity contribution in [3.8, 4) is 0 Å². The van der Waals surface area contributed by atoms with Crippen LogP contribution >= 0.6 is 27.3 Å². The highest BCUT2D eigenvalue weighted by Crippen LogP contribution is 2.24. The summed E-state index contributed by atoms with van der Waals surface area (Å²) < 4.78 is 6.46. The summed E-state index contributed by atoms with van der Waals surface area (Å²) in [6, 6.07) is 4.88. The molecule has 21 heavy (non-hydrogen) atoms. The van der Waals surface area contributed by atoms with E-state index in [1.807, 2.05) is 20.8 Å². The molecule has 0 aromatic carbocycles. The second-order valence-electron chi connectivity index (χ2n) is 6.44. The molecule has 0 spiro atoms. The molecule has 1 amide bonds. The van der Waals surface area contributed by atoms with Crippen LogP contribution in [0.2, 0.25) is 0 Å². The van der Waals surface area contributed by atoms with E-state index in [0.29, 0.717) is 6.04 Å². The van der Waals surface area contributed by atoms with Gasteiger partial charge in [0.25, 0.3) is 0 Å². The summed E-state index contributed by atoms with van der Waals surface area (Å²) in [5.41, 5.74) is -0.438. The second kappa shape index (κ2) is 7.11. The van der Waals surface area contributed by atoms with E-state index in [1.54, 1.807) is 11.3 Å². The Bertz CT molecular complexity index is 484. The molecule has 6 heteroatoms. The number of rotatable bonds is 4. The largest absolute Gasteiger partial charge is 0.444 e. The Morgan fingerprint density at radius 3 is 2.71 bits per heavy atom. The van der Waals surface area contributed by atoms with Crippen molar-refractivity contribution in [1.82, 2.24) is 10.6 Å². The molecule has 1 saturated carbocycles. The molecule has 1 aromatic heterocycles. The molecule has 0 saturated heterocycles. The SMILES string of the molecule is CC(C)(C)OC(=O)NC1CCC(NCc2ccc(Br)s2)C1. The molecule has 118 valence electrons. The van der Waals surface area contributed by atoms with Gasteiger partial charge in [0, 0.05) is 23.5 Å². The summed E-state index contributed by atoms with van der Waals surface area (Å²) in [5.74, 6) is 0. The average Bonchev–Trinajstić information content (AvgIpc) is 2.93. The molecule has 1 aliphatic carbocycles. The first-order chi connectivity index (χ1) is 9.82. The fourth-order valence-corrected chi connectivity index (χ4v) is 3.90. The van der Waals surface area contributed by atoms with E-state index < -0.39 is 5.60 Å². The summed E-state index contributed by atoms with van der Waals surface area (Å²) in [6.07, 6.45) is 2.75. The fraction of sp³-hybridized carbons (Fsp3) is 0.667. The van der Waals surface area contributed by atoms with E-state index in [4.69, 9.17) is 4.74 Å². The van der Waals surface area contributed by atoms with Gasteiger partial charge in [-0.15, -0.1) is 11.3 Å². The number of carbonyl (C=O) groups is 1. The van der Waals surface area contributed by atoms with Gasteiger partial charge in [0.2, 0.25) is 0 Å².